The first-order valence-corrected chi connectivity index (χ1v) is 24.6. The summed E-state index contributed by atoms with van der Waals surface area (Å²) in [6, 6.07) is 7.55. The van der Waals surface area contributed by atoms with Crippen LogP contribution in [0.3, 0.4) is 0 Å². The SMILES string of the molecule is CC(C)(CCOCC(=O)ON1C(=O)CCC1=O)OCC(C)(C)OCCNC(=O)C1CCC(CN2C(=O)CC(SCCCCC[C@H](NC(=O)[C@H]3CCC(=O)N3)C(=O)Nc3ccccc3)C2=O)CC1. The van der Waals surface area contributed by atoms with Crippen molar-refractivity contribution in [3.05, 3.63) is 30.3 Å². The Labute approximate surface area is 396 Å². The molecule has 4 aliphatic rings. The lowest BCUT2D eigenvalue weighted by Crippen LogP contribution is -2.50. The number of para-hydroxylation sites is 1. The number of ether oxygens (including phenoxy) is 3. The zero-order chi connectivity index (χ0) is 48.6. The highest BCUT2D eigenvalue weighted by atomic mass is 32.2. The quantitative estimate of drug-likeness (QED) is 0.0731. The van der Waals surface area contributed by atoms with Gasteiger partial charge in [-0.25, -0.2) is 4.79 Å². The van der Waals surface area contributed by atoms with Crippen molar-refractivity contribution in [2.45, 2.75) is 146 Å². The number of rotatable bonds is 27. The van der Waals surface area contributed by atoms with Crippen LogP contribution in [0.4, 0.5) is 5.69 Å². The summed E-state index contributed by atoms with van der Waals surface area (Å²) in [7, 11) is 0. The highest BCUT2D eigenvalue weighted by molar-refractivity contribution is 8.00. The Kier molecular flexibility index (Phi) is 20.1. The van der Waals surface area contributed by atoms with Crippen LogP contribution in [-0.2, 0) is 62.2 Å². The van der Waals surface area contributed by atoms with E-state index in [2.05, 4.69) is 21.3 Å². The first-order chi connectivity index (χ1) is 31.9. The summed E-state index contributed by atoms with van der Waals surface area (Å²) in [5, 5.41) is 11.4. The van der Waals surface area contributed by atoms with Crippen molar-refractivity contribution >= 4 is 70.7 Å². The van der Waals surface area contributed by atoms with Crippen LogP contribution in [0.25, 0.3) is 0 Å². The smallest absolute Gasteiger partial charge is 0.358 e. The molecule has 3 aliphatic heterocycles. The molecule has 5 rings (SSSR count). The van der Waals surface area contributed by atoms with E-state index in [1.54, 1.807) is 24.3 Å². The van der Waals surface area contributed by atoms with Crippen molar-refractivity contribution in [1.29, 1.82) is 0 Å². The van der Waals surface area contributed by atoms with Gasteiger partial charge >= 0.3 is 5.97 Å². The van der Waals surface area contributed by atoms with Gasteiger partial charge in [-0.3, -0.25) is 43.3 Å². The summed E-state index contributed by atoms with van der Waals surface area (Å²) in [5.74, 6) is -2.57. The Bertz CT molecular complexity index is 1910. The predicted octanol–water partition coefficient (Wildman–Crippen LogP) is 3.34. The van der Waals surface area contributed by atoms with Crippen LogP contribution in [0, 0.1) is 11.8 Å². The first kappa shape index (κ1) is 53.0. The molecule has 1 unspecified atom stereocenters. The lowest BCUT2D eigenvalue weighted by molar-refractivity contribution is -0.200. The van der Waals surface area contributed by atoms with E-state index in [1.807, 2.05) is 33.8 Å². The van der Waals surface area contributed by atoms with Crippen LogP contribution in [0.5, 0.6) is 0 Å². The van der Waals surface area contributed by atoms with Crippen molar-refractivity contribution in [2.24, 2.45) is 11.8 Å². The van der Waals surface area contributed by atoms with Gasteiger partial charge in [-0.2, -0.15) is 0 Å². The normalized spacial score (nSPS) is 21.6. The van der Waals surface area contributed by atoms with Gasteiger partial charge in [0.05, 0.1) is 36.3 Å². The molecule has 0 radical (unpaired) electrons. The Balaban J connectivity index is 0.909. The minimum Gasteiger partial charge on any atom is -0.373 e. The van der Waals surface area contributed by atoms with E-state index in [0.29, 0.717) is 68.1 Å². The number of hydrogen-bond donors (Lipinski definition) is 4. The Morgan fingerprint density at radius 2 is 1.54 bits per heavy atom. The van der Waals surface area contributed by atoms with E-state index in [9.17, 15) is 43.2 Å². The van der Waals surface area contributed by atoms with Gasteiger partial charge < -0.3 is 40.3 Å². The van der Waals surface area contributed by atoms with E-state index in [-0.39, 0.29) is 92.8 Å². The van der Waals surface area contributed by atoms with Crippen molar-refractivity contribution in [1.82, 2.24) is 25.9 Å². The number of amides is 8. The van der Waals surface area contributed by atoms with Gasteiger partial charge in [-0.1, -0.05) is 31.0 Å². The van der Waals surface area contributed by atoms with Crippen LogP contribution in [0.15, 0.2) is 30.3 Å². The molecule has 3 saturated heterocycles. The molecule has 1 aromatic rings. The molecule has 1 aromatic carbocycles. The number of carbonyl (C=O) groups excluding carboxylic acids is 9. The number of nitrogens with zero attached hydrogens (tertiary/aromatic N) is 2. The van der Waals surface area contributed by atoms with Crippen LogP contribution >= 0.6 is 11.8 Å². The third-order valence-electron chi connectivity index (χ3n) is 12.3. The van der Waals surface area contributed by atoms with E-state index in [1.165, 1.54) is 16.7 Å². The first-order valence-electron chi connectivity index (χ1n) is 23.5. The molecule has 0 bridgehead atoms. The van der Waals surface area contributed by atoms with E-state index in [0.717, 1.165) is 25.7 Å². The maximum absolute atomic E-state index is 13.3. The molecule has 3 atom stereocenters. The van der Waals surface area contributed by atoms with Crippen LogP contribution in [0.1, 0.15) is 118 Å². The van der Waals surface area contributed by atoms with Gasteiger partial charge in [0, 0.05) is 50.4 Å². The number of anilines is 1. The summed E-state index contributed by atoms with van der Waals surface area (Å²) in [4.78, 5) is 118. The molecule has 20 heteroatoms. The van der Waals surface area contributed by atoms with Gasteiger partial charge in [0.25, 0.3) is 11.8 Å². The molecule has 0 aromatic heterocycles. The van der Waals surface area contributed by atoms with Gasteiger partial charge in [0.15, 0.2) is 0 Å². The number of imide groups is 2. The fourth-order valence-electron chi connectivity index (χ4n) is 8.18. The Morgan fingerprint density at radius 1 is 0.821 bits per heavy atom. The molecule has 0 spiro atoms. The van der Waals surface area contributed by atoms with Gasteiger partial charge in [0.2, 0.25) is 35.4 Å². The number of nitrogens with one attached hydrogen (secondary N) is 4. The molecule has 370 valence electrons. The van der Waals surface area contributed by atoms with Gasteiger partial charge in [0.1, 0.15) is 18.7 Å². The number of likely N-dealkylation sites (tertiary alicyclic amines) is 1. The molecule has 4 fully saturated rings. The second-order valence-corrected chi connectivity index (χ2v) is 20.2. The standard InChI is InChI=1S/C47H68N6O13S/c1-46(2,22-24-63-29-41(58)66-53-38(55)20-21-39(53)56)65-30-47(3,4)64-25-23-48-42(59)32-16-14-31(15-17-32)28-52-40(57)27-36(45(52)62)67-26-10-6-9-13-34(43(60)49-33-11-7-5-8-12-33)51-44(61)35-18-19-37(54)50-35/h5,7-8,11-12,31-32,34-36H,6,9-10,13-30H2,1-4H3,(H,48,59)(H,49,60)(H,50,54)(H,51,61)/t31?,32?,34-,35+,36?/m0/s1. The summed E-state index contributed by atoms with van der Waals surface area (Å²) in [6.45, 7) is 8.52. The topological polar surface area (TPSA) is 245 Å². The fraction of sp³-hybridized carbons (Fsp3) is 0.681. The molecule has 1 saturated carbocycles. The van der Waals surface area contributed by atoms with Crippen molar-refractivity contribution < 1.29 is 62.2 Å². The fourth-order valence-corrected chi connectivity index (χ4v) is 9.37. The van der Waals surface area contributed by atoms with Crippen molar-refractivity contribution in [3.63, 3.8) is 0 Å². The number of benzene rings is 1. The zero-order valence-corrected chi connectivity index (χ0v) is 40.0. The van der Waals surface area contributed by atoms with Gasteiger partial charge in [-0.05, 0) is 103 Å². The number of carbonyl (C=O) groups is 9. The second-order valence-electron chi connectivity index (χ2n) is 18.8. The Morgan fingerprint density at radius 3 is 2.22 bits per heavy atom. The number of thioether (sulfide) groups is 1. The minimum absolute atomic E-state index is 0.0150. The molecule has 19 nitrogen and oxygen atoms in total. The average Bonchev–Trinajstić information content (AvgIpc) is 3.96. The van der Waals surface area contributed by atoms with E-state index in [4.69, 9.17) is 19.0 Å². The predicted molar refractivity (Wildman–Crippen MR) is 245 cm³/mol. The Hall–Kier alpha value is -4.92. The second kappa shape index (κ2) is 25.4. The third kappa shape index (κ3) is 17.3. The van der Waals surface area contributed by atoms with Crippen LogP contribution < -0.4 is 21.3 Å². The molecule has 67 heavy (non-hydrogen) atoms. The highest BCUT2D eigenvalue weighted by Gasteiger charge is 2.41. The van der Waals surface area contributed by atoms with E-state index >= 15 is 0 Å². The van der Waals surface area contributed by atoms with Crippen molar-refractivity contribution in [2.75, 3.05) is 50.6 Å². The molecule has 4 N–H and O–H groups in total. The number of hydroxylamine groups is 2. The summed E-state index contributed by atoms with van der Waals surface area (Å²) in [5.41, 5.74) is -0.658. The molecule has 1 aliphatic carbocycles. The lowest BCUT2D eigenvalue weighted by Gasteiger charge is -2.32. The minimum atomic E-state index is -0.837. The number of unbranched alkanes of at least 4 members (excludes halogenated alkanes) is 2. The maximum Gasteiger partial charge on any atom is 0.358 e. The average molecular weight is 957 g/mol. The third-order valence-corrected chi connectivity index (χ3v) is 13.6. The van der Waals surface area contributed by atoms with Gasteiger partial charge in [-0.15, -0.1) is 16.8 Å². The lowest BCUT2D eigenvalue weighted by atomic mass is 9.81. The van der Waals surface area contributed by atoms with Crippen LogP contribution in [-0.4, -0.2) is 137 Å². The number of hydrogen-bond acceptors (Lipinski definition) is 14. The van der Waals surface area contributed by atoms with Crippen molar-refractivity contribution in [3.8, 4) is 0 Å². The molecular weight excluding hydrogens is 889 g/mol. The zero-order valence-electron chi connectivity index (χ0n) is 39.2. The summed E-state index contributed by atoms with van der Waals surface area (Å²) < 4.78 is 17.5. The largest absolute Gasteiger partial charge is 0.373 e. The molecular formula is C47H68N6O13S. The maximum atomic E-state index is 13.3. The van der Waals surface area contributed by atoms with Crippen LogP contribution in [0.2, 0.25) is 0 Å². The molecule has 3 heterocycles. The monoisotopic (exact) mass is 956 g/mol. The summed E-state index contributed by atoms with van der Waals surface area (Å²) >= 11 is 1.48. The summed E-state index contributed by atoms with van der Waals surface area (Å²) in [6.07, 6.45) is 6.68. The van der Waals surface area contributed by atoms with E-state index < -0.39 is 52.9 Å². The highest BCUT2D eigenvalue weighted by Crippen LogP contribution is 2.33. The molecule has 8 amide bonds.